The largest absolute Gasteiger partial charge is 0.458 e. The Bertz CT molecular complexity index is 968. The highest BCUT2D eigenvalue weighted by Gasteiger charge is 2.24. The van der Waals surface area contributed by atoms with Gasteiger partial charge in [-0.2, -0.15) is 0 Å². The molecule has 170 valence electrons. The lowest BCUT2D eigenvalue weighted by Gasteiger charge is -2.35. The number of nitrogens with zero attached hydrogens (tertiary/aromatic N) is 3. The van der Waals surface area contributed by atoms with Gasteiger partial charge in [-0.25, -0.2) is 0 Å². The second kappa shape index (κ2) is 10.9. The maximum absolute atomic E-state index is 11.8. The summed E-state index contributed by atoms with van der Waals surface area (Å²) in [7, 11) is 0. The molecule has 1 aliphatic heterocycles. The number of amides is 1. The van der Waals surface area contributed by atoms with Gasteiger partial charge in [0.05, 0.1) is 12.6 Å². The maximum Gasteiger partial charge on any atom is 0.220 e. The highest BCUT2D eigenvalue weighted by molar-refractivity contribution is 7.09. The summed E-state index contributed by atoms with van der Waals surface area (Å²) in [5, 5.41) is 12.6. The van der Waals surface area contributed by atoms with Crippen LogP contribution in [0, 0.1) is 5.92 Å². The van der Waals surface area contributed by atoms with E-state index < -0.39 is 6.10 Å². The van der Waals surface area contributed by atoms with E-state index in [9.17, 15) is 9.90 Å². The monoisotopic (exact) mass is 454 g/mol. The van der Waals surface area contributed by atoms with Gasteiger partial charge in [-0.05, 0) is 48.6 Å². The molecule has 3 aromatic heterocycles. The van der Waals surface area contributed by atoms with Crippen LogP contribution in [-0.4, -0.2) is 64.6 Å². The van der Waals surface area contributed by atoms with E-state index in [2.05, 4.69) is 14.8 Å². The van der Waals surface area contributed by atoms with Crippen molar-refractivity contribution in [1.82, 2.24) is 14.8 Å². The van der Waals surface area contributed by atoms with Crippen molar-refractivity contribution in [1.29, 1.82) is 0 Å². The van der Waals surface area contributed by atoms with Crippen molar-refractivity contribution in [3.05, 3.63) is 64.7 Å². The van der Waals surface area contributed by atoms with Gasteiger partial charge in [-0.15, -0.1) is 11.3 Å². The minimum atomic E-state index is -0.565. The van der Waals surface area contributed by atoms with Crippen LogP contribution >= 0.6 is 11.3 Å². The van der Waals surface area contributed by atoms with Crippen LogP contribution < -0.4 is 5.73 Å². The Morgan fingerprint density at radius 1 is 1.12 bits per heavy atom. The Balaban J connectivity index is 1.21. The fraction of sp³-hybridized carbons (Fsp3) is 0.417. The molecule has 4 heterocycles. The van der Waals surface area contributed by atoms with E-state index in [0.29, 0.717) is 19.4 Å². The number of aliphatic hydroxyl groups excluding tert-OH is 1. The van der Waals surface area contributed by atoms with E-state index in [1.54, 1.807) is 17.5 Å². The number of hydrogen-bond donors (Lipinski definition) is 2. The SMILES string of the molecule is NC(=O)[C@H](Cc1cccs1)CC(O)CN1CCN(Cc2ccc(-c3ccccn3)o2)CC1. The Labute approximate surface area is 192 Å². The zero-order chi connectivity index (χ0) is 22.3. The number of carbonyl (C=O) groups excluding carboxylic acids is 1. The number of rotatable bonds is 10. The molecule has 0 spiro atoms. The number of piperazine rings is 1. The second-order valence-corrected chi connectivity index (χ2v) is 9.36. The predicted octanol–water partition coefficient (Wildman–Crippen LogP) is 2.62. The number of nitrogens with two attached hydrogens (primary N) is 1. The molecule has 0 bridgehead atoms. The van der Waals surface area contributed by atoms with Gasteiger partial charge >= 0.3 is 0 Å². The molecule has 1 saturated heterocycles. The third kappa shape index (κ3) is 6.26. The van der Waals surface area contributed by atoms with Crippen molar-refractivity contribution >= 4 is 17.2 Å². The van der Waals surface area contributed by atoms with Crippen LogP contribution in [0.5, 0.6) is 0 Å². The summed E-state index contributed by atoms with van der Waals surface area (Å²) in [6.07, 6.45) is 2.20. The van der Waals surface area contributed by atoms with Crippen molar-refractivity contribution in [3.8, 4) is 11.5 Å². The number of carbonyl (C=O) groups is 1. The molecule has 7 nitrogen and oxygen atoms in total. The zero-order valence-electron chi connectivity index (χ0n) is 18.1. The molecule has 0 saturated carbocycles. The number of aliphatic hydroxyl groups is 1. The number of furan rings is 1. The Hall–Kier alpha value is -2.52. The predicted molar refractivity (Wildman–Crippen MR) is 125 cm³/mol. The Kier molecular flexibility index (Phi) is 7.70. The van der Waals surface area contributed by atoms with Gasteiger partial charge in [0.2, 0.25) is 5.91 Å². The number of β-amino-alcohol motifs (C(OH)–C–C–N with tert-alkyl or cyclic N) is 1. The second-order valence-electron chi connectivity index (χ2n) is 8.33. The maximum atomic E-state index is 11.8. The molecule has 0 aromatic carbocycles. The average molecular weight is 455 g/mol. The first kappa shape index (κ1) is 22.7. The molecule has 32 heavy (non-hydrogen) atoms. The summed E-state index contributed by atoms with van der Waals surface area (Å²) < 4.78 is 5.97. The van der Waals surface area contributed by atoms with Crippen molar-refractivity contribution in [3.63, 3.8) is 0 Å². The van der Waals surface area contributed by atoms with Crippen LogP contribution in [0.25, 0.3) is 11.5 Å². The standard InChI is InChI=1S/C24H30N4O3S/c25-24(30)18(15-21-4-3-13-32-21)14-19(29)16-27-9-11-28(12-10-27)17-20-6-7-23(31-20)22-5-1-2-8-26-22/h1-8,13,18-19,29H,9-12,14-17H2,(H2,25,30)/t18-,19?/m0/s1. The molecule has 1 amide bonds. The highest BCUT2D eigenvalue weighted by Crippen LogP contribution is 2.22. The van der Waals surface area contributed by atoms with Gasteiger partial charge in [0.1, 0.15) is 11.5 Å². The van der Waals surface area contributed by atoms with Gasteiger partial charge in [0.25, 0.3) is 0 Å². The van der Waals surface area contributed by atoms with Gasteiger partial charge in [0.15, 0.2) is 5.76 Å². The molecule has 1 aliphatic rings. The molecule has 3 aromatic rings. The van der Waals surface area contributed by atoms with E-state index in [4.69, 9.17) is 10.2 Å². The van der Waals surface area contributed by atoms with Crippen LogP contribution in [0.2, 0.25) is 0 Å². The Morgan fingerprint density at radius 3 is 2.62 bits per heavy atom. The molecule has 8 heteroatoms. The zero-order valence-corrected chi connectivity index (χ0v) is 18.9. The minimum Gasteiger partial charge on any atom is -0.458 e. The summed E-state index contributed by atoms with van der Waals surface area (Å²) in [6, 6.07) is 13.7. The minimum absolute atomic E-state index is 0.336. The van der Waals surface area contributed by atoms with Crippen LogP contribution in [0.15, 0.2) is 58.5 Å². The number of pyridine rings is 1. The van der Waals surface area contributed by atoms with E-state index in [1.807, 2.05) is 47.8 Å². The van der Waals surface area contributed by atoms with Gasteiger partial charge in [-0.1, -0.05) is 12.1 Å². The van der Waals surface area contributed by atoms with E-state index in [1.165, 1.54) is 0 Å². The molecule has 4 rings (SSSR count). The lowest BCUT2D eigenvalue weighted by atomic mass is 9.96. The fourth-order valence-corrected chi connectivity index (χ4v) is 4.92. The first-order valence-electron chi connectivity index (χ1n) is 11.0. The topological polar surface area (TPSA) is 95.8 Å². The molecule has 1 fully saturated rings. The Morgan fingerprint density at radius 2 is 1.94 bits per heavy atom. The summed E-state index contributed by atoms with van der Waals surface area (Å²) in [5.74, 6) is 1.04. The molecule has 0 radical (unpaired) electrons. The summed E-state index contributed by atoms with van der Waals surface area (Å²) in [6.45, 7) is 4.87. The lowest BCUT2D eigenvalue weighted by molar-refractivity contribution is -0.122. The summed E-state index contributed by atoms with van der Waals surface area (Å²) in [4.78, 5) is 21.9. The molecular weight excluding hydrogens is 424 g/mol. The third-order valence-electron chi connectivity index (χ3n) is 5.88. The number of hydrogen-bond acceptors (Lipinski definition) is 7. The molecule has 3 N–H and O–H groups in total. The van der Waals surface area contributed by atoms with Crippen LogP contribution in [0.1, 0.15) is 17.1 Å². The number of primary amides is 1. The normalized spacial score (nSPS) is 17.3. The number of thiophene rings is 1. The number of aromatic nitrogens is 1. The van der Waals surface area contributed by atoms with Crippen LogP contribution in [-0.2, 0) is 17.8 Å². The lowest BCUT2D eigenvalue weighted by Crippen LogP contribution is -2.48. The van der Waals surface area contributed by atoms with E-state index in [-0.39, 0.29) is 11.8 Å². The van der Waals surface area contributed by atoms with E-state index in [0.717, 1.165) is 54.8 Å². The van der Waals surface area contributed by atoms with Crippen molar-refractivity contribution in [2.45, 2.75) is 25.5 Å². The molecular formula is C24H30N4O3S. The highest BCUT2D eigenvalue weighted by atomic mass is 32.1. The smallest absolute Gasteiger partial charge is 0.220 e. The van der Waals surface area contributed by atoms with Crippen LogP contribution in [0.3, 0.4) is 0 Å². The van der Waals surface area contributed by atoms with Gasteiger partial charge in [0, 0.05) is 49.7 Å². The van der Waals surface area contributed by atoms with Crippen molar-refractivity contribution < 1.29 is 14.3 Å². The van der Waals surface area contributed by atoms with Gasteiger partial charge in [-0.3, -0.25) is 19.6 Å². The average Bonchev–Trinajstić information content (AvgIpc) is 3.47. The first-order valence-corrected chi connectivity index (χ1v) is 11.9. The summed E-state index contributed by atoms with van der Waals surface area (Å²) in [5.41, 5.74) is 6.43. The van der Waals surface area contributed by atoms with Crippen molar-refractivity contribution in [2.24, 2.45) is 11.7 Å². The molecule has 2 atom stereocenters. The fourth-order valence-electron chi connectivity index (χ4n) is 4.13. The van der Waals surface area contributed by atoms with Crippen molar-refractivity contribution in [2.75, 3.05) is 32.7 Å². The quantitative estimate of drug-likeness (QED) is 0.489. The third-order valence-corrected chi connectivity index (χ3v) is 6.78. The summed E-state index contributed by atoms with van der Waals surface area (Å²) >= 11 is 1.62. The molecule has 1 unspecified atom stereocenters. The van der Waals surface area contributed by atoms with E-state index >= 15 is 0 Å². The van der Waals surface area contributed by atoms with Crippen LogP contribution in [0.4, 0.5) is 0 Å². The van der Waals surface area contributed by atoms with Gasteiger partial charge < -0.3 is 15.3 Å². The molecule has 0 aliphatic carbocycles. The first-order chi connectivity index (χ1) is 15.6.